The van der Waals surface area contributed by atoms with Crippen molar-refractivity contribution in [3.05, 3.63) is 34.0 Å². The van der Waals surface area contributed by atoms with E-state index in [1.54, 1.807) is 27.9 Å². The van der Waals surface area contributed by atoms with Crippen LogP contribution in [0.2, 0.25) is 0 Å². The molecule has 0 saturated carbocycles. The zero-order valence-corrected chi connectivity index (χ0v) is 18.5. The molecular formula is C18H21N3O6S2. The van der Waals surface area contributed by atoms with E-state index in [0.717, 1.165) is 11.3 Å². The van der Waals surface area contributed by atoms with Gasteiger partial charge in [0.1, 0.15) is 10.5 Å². The number of aromatic nitrogens is 1. The molecule has 2 rings (SSSR count). The zero-order valence-electron chi connectivity index (χ0n) is 16.8. The number of pyridine rings is 1. The minimum absolute atomic E-state index is 0.0376. The van der Waals surface area contributed by atoms with E-state index in [-0.39, 0.29) is 20.9 Å². The largest absolute Gasteiger partial charge is 0.465 e. The Morgan fingerprint density at radius 3 is 2.07 bits per heavy atom. The SMILES string of the molecule is COC(=O)c1c(C)nc(C)c(C(=O)OC)c1-c1csc(S(=O)(=O)/N=C/N(C)C)c1. The van der Waals surface area contributed by atoms with Crippen molar-refractivity contribution in [3.63, 3.8) is 0 Å². The highest BCUT2D eigenvalue weighted by Gasteiger charge is 2.28. The summed E-state index contributed by atoms with van der Waals surface area (Å²) in [7, 11) is 1.77. The number of carbonyl (C=O) groups excluding carboxylic acids is 2. The van der Waals surface area contributed by atoms with Crippen molar-refractivity contribution < 1.29 is 27.5 Å². The molecule has 29 heavy (non-hydrogen) atoms. The average molecular weight is 440 g/mol. The third kappa shape index (κ3) is 4.62. The lowest BCUT2D eigenvalue weighted by molar-refractivity contribution is 0.0599. The molecule has 0 radical (unpaired) electrons. The summed E-state index contributed by atoms with van der Waals surface area (Å²) in [5.74, 6) is -1.40. The number of esters is 2. The highest BCUT2D eigenvalue weighted by Crippen LogP contribution is 2.36. The van der Waals surface area contributed by atoms with E-state index in [2.05, 4.69) is 9.38 Å². The van der Waals surface area contributed by atoms with Crippen molar-refractivity contribution in [2.24, 2.45) is 4.40 Å². The maximum atomic E-state index is 12.5. The predicted octanol–water partition coefficient (Wildman–Crippen LogP) is 2.28. The van der Waals surface area contributed by atoms with Gasteiger partial charge < -0.3 is 14.4 Å². The summed E-state index contributed by atoms with van der Waals surface area (Å²) in [5, 5.41) is 1.53. The fourth-order valence-corrected chi connectivity index (χ4v) is 4.71. The molecule has 0 amide bonds. The molecule has 0 aliphatic carbocycles. The van der Waals surface area contributed by atoms with Gasteiger partial charge in [-0.15, -0.1) is 15.7 Å². The first-order valence-corrected chi connectivity index (χ1v) is 10.6. The monoisotopic (exact) mass is 439 g/mol. The number of sulfonamides is 1. The van der Waals surface area contributed by atoms with Crippen LogP contribution in [0.1, 0.15) is 32.1 Å². The number of rotatable bonds is 6. The van der Waals surface area contributed by atoms with Gasteiger partial charge in [-0.1, -0.05) is 0 Å². The maximum absolute atomic E-state index is 12.5. The van der Waals surface area contributed by atoms with E-state index in [1.807, 2.05) is 0 Å². The first kappa shape index (κ1) is 22.5. The van der Waals surface area contributed by atoms with Crippen LogP contribution in [-0.4, -0.2) is 64.9 Å². The number of ether oxygens (including phenoxy) is 2. The molecule has 2 aromatic heterocycles. The van der Waals surface area contributed by atoms with Gasteiger partial charge >= 0.3 is 11.9 Å². The minimum atomic E-state index is -3.94. The summed E-state index contributed by atoms with van der Waals surface area (Å²) in [5.41, 5.74) is 1.39. The van der Waals surface area contributed by atoms with Gasteiger partial charge in [-0.2, -0.15) is 8.42 Å². The fraction of sp³-hybridized carbons (Fsp3) is 0.333. The highest BCUT2D eigenvalue weighted by atomic mass is 32.2. The van der Waals surface area contributed by atoms with Crippen LogP contribution in [0.5, 0.6) is 0 Å². The smallest absolute Gasteiger partial charge is 0.340 e. The van der Waals surface area contributed by atoms with Crippen LogP contribution in [0.15, 0.2) is 20.1 Å². The van der Waals surface area contributed by atoms with Crippen LogP contribution in [0, 0.1) is 13.8 Å². The first-order chi connectivity index (χ1) is 13.5. The molecule has 0 fully saturated rings. The Bertz CT molecular complexity index is 1050. The van der Waals surface area contributed by atoms with Crippen molar-refractivity contribution in [3.8, 4) is 11.1 Å². The quantitative estimate of drug-likeness (QED) is 0.382. The lowest BCUT2D eigenvalue weighted by atomic mass is 9.94. The van der Waals surface area contributed by atoms with Crippen molar-refractivity contribution in [2.75, 3.05) is 28.3 Å². The first-order valence-electron chi connectivity index (χ1n) is 8.27. The van der Waals surface area contributed by atoms with Crippen LogP contribution in [0.25, 0.3) is 11.1 Å². The van der Waals surface area contributed by atoms with Gasteiger partial charge in [-0.25, -0.2) is 9.59 Å². The topological polar surface area (TPSA) is 115 Å². The third-order valence-electron chi connectivity index (χ3n) is 3.87. The molecular weight excluding hydrogens is 418 g/mol. The Morgan fingerprint density at radius 2 is 1.62 bits per heavy atom. The Balaban J connectivity index is 2.79. The summed E-state index contributed by atoms with van der Waals surface area (Å²) in [4.78, 5) is 30.6. The molecule has 9 nitrogen and oxygen atoms in total. The fourth-order valence-electron chi connectivity index (χ4n) is 2.63. The number of methoxy groups -OCH3 is 2. The minimum Gasteiger partial charge on any atom is -0.465 e. The maximum Gasteiger partial charge on any atom is 0.340 e. The summed E-state index contributed by atoms with van der Waals surface area (Å²) in [6.45, 7) is 3.21. The van der Waals surface area contributed by atoms with E-state index in [9.17, 15) is 18.0 Å². The van der Waals surface area contributed by atoms with Gasteiger partial charge in [-0.3, -0.25) is 4.98 Å². The predicted molar refractivity (Wildman–Crippen MR) is 109 cm³/mol. The molecule has 11 heteroatoms. The summed E-state index contributed by atoms with van der Waals surface area (Å²) in [6.07, 6.45) is 1.18. The molecule has 0 atom stereocenters. The number of nitrogens with zero attached hydrogens (tertiary/aromatic N) is 3. The average Bonchev–Trinajstić information content (AvgIpc) is 3.15. The molecule has 0 aliphatic rings. The number of aryl methyl sites for hydroxylation is 2. The molecule has 0 unspecified atom stereocenters. The van der Waals surface area contributed by atoms with Gasteiger partial charge in [0.05, 0.1) is 36.7 Å². The molecule has 0 aliphatic heterocycles. The van der Waals surface area contributed by atoms with E-state index >= 15 is 0 Å². The lowest BCUT2D eigenvalue weighted by Crippen LogP contribution is -2.15. The van der Waals surface area contributed by atoms with Crippen LogP contribution in [0.3, 0.4) is 0 Å². The van der Waals surface area contributed by atoms with E-state index in [0.29, 0.717) is 17.0 Å². The summed E-state index contributed by atoms with van der Waals surface area (Å²) in [6, 6.07) is 1.36. The molecule has 0 spiro atoms. The molecule has 2 aromatic rings. The molecule has 156 valence electrons. The van der Waals surface area contributed by atoms with Crippen molar-refractivity contribution >= 4 is 39.6 Å². The van der Waals surface area contributed by atoms with Crippen LogP contribution in [0.4, 0.5) is 0 Å². The number of hydrogen-bond acceptors (Lipinski definition) is 8. The van der Waals surface area contributed by atoms with E-state index in [1.165, 1.54) is 36.9 Å². The Morgan fingerprint density at radius 1 is 1.10 bits per heavy atom. The van der Waals surface area contributed by atoms with Gasteiger partial charge in [0.2, 0.25) is 0 Å². The van der Waals surface area contributed by atoms with Gasteiger partial charge in [0.15, 0.2) is 0 Å². The second-order valence-electron chi connectivity index (χ2n) is 6.20. The molecule has 2 heterocycles. The summed E-state index contributed by atoms with van der Waals surface area (Å²) >= 11 is 0.926. The third-order valence-corrected chi connectivity index (χ3v) is 6.51. The van der Waals surface area contributed by atoms with Gasteiger partial charge in [-0.05, 0) is 25.5 Å². The van der Waals surface area contributed by atoms with Crippen LogP contribution < -0.4 is 0 Å². The van der Waals surface area contributed by atoms with E-state index < -0.39 is 22.0 Å². The Labute approximate surface area is 173 Å². The lowest BCUT2D eigenvalue weighted by Gasteiger charge is -2.15. The normalized spacial score (nSPS) is 11.5. The van der Waals surface area contributed by atoms with E-state index in [4.69, 9.17) is 9.47 Å². The van der Waals surface area contributed by atoms with Crippen molar-refractivity contribution in [1.29, 1.82) is 0 Å². The number of hydrogen-bond donors (Lipinski definition) is 0. The van der Waals surface area contributed by atoms with Crippen LogP contribution >= 0.6 is 11.3 Å². The Kier molecular flexibility index (Phi) is 6.75. The van der Waals surface area contributed by atoms with Gasteiger partial charge in [0.25, 0.3) is 10.0 Å². The second-order valence-corrected chi connectivity index (χ2v) is 8.98. The van der Waals surface area contributed by atoms with Crippen molar-refractivity contribution in [1.82, 2.24) is 9.88 Å². The Hall–Kier alpha value is -2.79. The second kappa shape index (κ2) is 8.70. The highest BCUT2D eigenvalue weighted by molar-refractivity contribution is 7.92. The molecule has 0 saturated heterocycles. The molecule has 0 bridgehead atoms. The van der Waals surface area contributed by atoms with Crippen molar-refractivity contribution in [2.45, 2.75) is 18.1 Å². The number of carbonyl (C=O) groups is 2. The van der Waals surface area contributed by atoms with Gasteiger partial charge in [0, 0.05) is 25.0 Å². The standard InChI is InChI=1S/C18H21N3O6S2/c1-10-14(17(22)26-5)16(15(11(2)20-10)18(23)27-6)12-7-13(28-8-12)29(24,25)19-9-21(3)4/h7-9H,1-6H3/b19-9+. The molecule has 0 N–H and O–H groups in total. The number of thiophene rings is 1. The molecule has 0 aromatic carbocycles. The zero-order chi connectivity index (χ0) is 21.9. The summed E-state index contributed by atoms with van der Waals surface area (Å²) < 4.78 is 38.2. The van der Waals surface area contributed by atoms with Crippen LogP contribution in [-0.2, 0) is 19.5 Å².